The molecule has 1 aliphatic heterocycles. The van der Waals surface area contributed by atoms with Crippen molar-refractivity contribution in [3.05, 3.63) is 22.7 Å². The molecular formula is C9H11ClFN3O4. The third-order valence-corrected chi connectivity index (χ3v) is 3.07. The Hall–Kier alpha value is -1.22. The third kappa shape index (κ3) is 1.97. The van der Waals surface area contributed by atoms with Gasteiger partial charge < -0.3 is 20.7 Å². The fourth-order valence-corrected chi connectivity index (χ4v) is 2.02. The number of alkyl halides is 2. The minimum absolute atomic E-state index is 0.0347. The van der Waals surface area contributed by atoms with Gasteiger partial charge in [-0.1, -0.05) is 11.6 Å². The van der Waals surface area contributed by atoms with Gasteiger partial charge in [0.05, 0.1) is 6.61 Å². The highest BCUT2D eigenvalue weighted by atomic mass is 35.5. The molecule has 0 radical (unpaired) electrons. The van der Waals surface area contributed by atoms with E-state index in [2.05, 4.69) is 4.98 Å². The zero-order valence-electron chi connectivity index (χ0n) is 9.03. The first-order valence-electron chi connectivity index (χ1n) is 5.04. The molecule has 1 unspecified atom stereocenters. The number of aromatic nitrogens is 2. The van der Waals surface area contributed by atoms with Crippen molar-refractivity contribution in [2.24, 2.45) is 0 Å². The standard InChI is InChI=1S/C9H11ClFN3O4/c10-9(11)6(16)4(3-15)18-7(9)14-2-1-5(12)13-8(14)17/h1-2,4,6-7,15-16H,3H2,(H2,12,13,17)/t4-,6-,7?,9-/m1/s1. The maximum Gasteiger partial charge on any atom is 0.351 e. The number of aliphatic hydroxyl groups is 2. The molecule has 0 aliphatic carbocycles. The number of nitrogen functional groups attached to an aromatic ring is 1. The van der Waals surface area contributed by atoms with Gasteiger partial charge in [-0.05, 0) is 6.07 Å². The van der Waals surface area contributed by atoms with Gasteiger partial charge in [0.2, 0.25) is 0 Å². The summed E-state index contributed by atoms with van der Waals surface area (Å²) in [4.78, 5) is 14.9. The first-order valence-corrected chi connectivity index (χ1v) is 5.42. The molecule has 1 aliphatic rings. The van der Waals surface area contributed by atoms with Gasteiger partial charge in [-0.2, -0.15) is 4.98 Å². The number of ether oxygens (including phenoxy) is 1. The van der Waals surface area contributed by atoms with Gasteiger partial charge in [-0.3, -0.25) is 4.57 Å². The first-order chi connectivity index (χ1) is 8.37. The van der Waals surface area contributed by atoms with E-state index >= 15 is 0 Å². The molecular weight excluding hydrogens is 269 g/mol. The lowest BCUT2D eigenvalue weighted by molar-refractivity contribution is -0.0517. The predicted octanol–water partition coefficient (Wildman–Crippen LogP) is -1.02. The van der Waals surface area contributed by atoms with Crippen molar-refractivity contribution in [2.45, 2.75) is 23.6 Å². The molecule has 2 heterocycles. The number of hydrogen-bond acceptors (Lipinski definition) is 6. The Morgan fingerprint density at radius 1 is 1.72 bits per heavy atom. The maximum absolute atomic E-state index is 14.1. The number of hydrogen-bond donors (Lipinski definition) is 3. The lowest BCUT2D eigenvalue weighted by Crippen LogP contribution is -2.41. The number of halogens is 2. The normalized spacial score (nSPS) is 35.9. The second kappa shape index (κ2) is 4.47. The summed E-state index contributed by atoms with van der Waals surface area (Å²) in [6, 6.07) is 1.26. The summed E-state index contributed by atoms with van der Waals surface area (Å²) in [6.45, 7) is -0.632. The molecule has 4 atom stereocenters. The van der Waals surface area contributed by atoms with Gasteiger partial charge in [-0.25, -0.2) is 9.18 Å². The Morgan fingerprint density at radius 2 is 2.39 bits per heavy atom. The van der Waals surface area contributed by atoms with Gasteiger partial charge in [0.25, 0.3) is 5.13 Å². The van der Waals surface area contributed by atoms with Gasteiger partial charge in [0.1, 0.15) is 18.0 Å². The zero-order chi connectivity index (χ0) is 13.5. The monoisotopic (exact) mass is 279 g/mol. The Morgan fingerprint density at radius 3 is 2.89 bits per heavy atom. The van der Waals surface area contributed by atoms with Crippen LogP contribution in [0.2, 0.25) is 0 Å². The largest absolute Gasteiger partial charge is 0.394 e. The van der Waals surface area contributed by atoms with Crippen LogP contribution in [0.3, 0.4) is 0 Å². The fraction of sp³-hybridized carbons (Fsp3) is 0.556. The summed E-state index contributed by atoms with van der Waals surface area (Å²) < 4.78 is 19.9. The van der Waals surface area contributed by atoms with Crippen LogP contribution in [0, 0.1) is 0 Å². The van der Waals surface area contributed by atoms with E-state index < -0.39 is 35.9 Å². The molecule has 2 rings (SSSR count). The van der Waals surface area contributed by atoms with Crippen molar-refractivity contribution in [3.63, 3.8) is 0 Å². The molecule has 0 saturated carbocycles. The van der Waals surface area contributed by atoms with E-state index in [-0.39, 0.29) is 5.82 Å². The Kier molecular flexibility index (Phi) is 3.28. The zero-order valence-corrected chi connectivity index (χ0v) is 9.79. The van der Waals surface area contributed by atoms with Crippen molar-refractivity contribution in [1.82, 2.24) is 9.55 Å². The van der Waals surface area contributed by atoms with Crippen LogP contribution >= 0.6 is 11.6 Å². The maximum atomic E-state index is 14.1. The molecule has 18 heavy (non-hydrogen) atoms. The van der Waals surface area contributed by atoms with E-state index in [1.165, 1.54) is 6.07 Å². The van der Waals surface area contributed by atoms with Gasteiger partial charge in [0.15, 0.2) is 6.23 Å². The van der Waals surface area contributed by atoms with Crippen molar-refractivity contribution < 1.29 is 19.3 Å². The number of anilines is 1. The average molecular weight is 280 g/mol. The summed E-state index contributed by atoms with van der Waals surface area (Å²) in [5.41, 5.74) is 4.43. The molecule has 1 fully saturated rings. The third-order valence-electron chi connectivity index (χ3n) is 2.66. The summed E-state index contributed by atoms with van der Waals surface area (Å²) in [7, 11) is 0. The molecule has 0 aromatic carbocycles. The minimum Gasteiger partial charge on any atom is -0.394 e. The van der Waals surface area contributed by atoms with Crippen molar-refractivity contribution in [1.29, 1.82) is 0 Å². The summed E-state index contributed by atoms with van der Waals surface area (Å²) >= 11 is 5.53. The van der Waals surface area contributed by atoms with Crippen LogP contribution in [0.4, 0.5) is 10.2 Å². The highest BCUT2D eigenvalue weighted by molar-refractivity contribution is 6.23. The second-order valence-electron chi connectivity index (χ2n) is 3.87. The Labute approximate surface area is 106 Å². The van der Waals surface area contributed by atoms with Gasteiger partial charge >= 0.3 is 5.69 Å². The van der Waals surface area contributed by atoms with Crippen LogP contribution in [0.25, 0.3) is 0 Å². The van der Waals surface area contributed by atoms with Gasteiger partial charge in [-0.15, -0.1) is 0 Å². The summed E-state index contributed by atoms with van der Waals surface area (Å²) in [5.74, 6) is -0.0347. The van der Waals surface area contributed by atoms with Crippen molar-refractivity contribution in [3.8, 4) is 0 Å². The molecule has 0 spiro atoms. The van der Waals surface area contributed by atoms with E-state index in [0.29, 0.717) is 0 Å². The molecule has 1 aromatic heterocycles. The number of aliphatic hydroxyl groups excluding tert-OH is 2. The molecule has 0 amide bonds. The molecule has 4 N–H and O–H groups in total. The lowest BCUT2D eigenvalue weighted by atomic mass is 10.1. The second-order valence-corrected chi connectivity index (χ2v) is 4.45. The molecule has 7 nitrogen and oxygen atoms in total. The topological polar surface area (TPSA) is 111 Å². The van der Waals surface area contributed by atoms with Gasteiger partial charge in [0, 0.05) is 6.20 Å². The van der Waals surface area contributed by atoms with Crippen LogP contribution < -0.4 is 11.4 Å². The minimum atomic E-state index is -2.74. The number of rotatable bonds is 2. The van der Waals surface area contributed by atoms with Crippen molar-refractivity contribution >= 4 is 17.4 Å². The molecule has 1 aromatic rings. The molecule has 9 heteroatoms. The lowest BCUT2D eigenvalue weighted by Gasteiger charge is -2.22. The van der Waals surface area contributed by atoms with E-state index in [1.54, 1.807) is 0 Å². The smallest absolute Gasteiger partial charge is 0.351 e. The average Bonchev–Trinajstić information content (AvgIpc) is 2.52. The van der Waals surface area contributed by atoms with Crippen LogP contribution in [0.1, 0.15) is 6.23 Å². The SMILES string of the molecule is Nc1ccn(C2O[C@H](CO)[C@@H](O)[C@]2(F)Cl)c(=O)n1. The van der Waals surface area contributed by atoms with E-state index in [9.17, 15) is 14.3 Å². The Bertz CT molecular complexity index is 509. The molecule has 100 valence electrons. The van der Waals surface area contributed by atoms with Crippen molar-refractivity contribution in [2.75, 3.05) is 12.3 Å². The predicted molar refractivity (Wildman–Crippen MR) is 59.6 cm³/mol. The van der Waals surface area contributed by atoms with Crippen LogP contribution in [0.5, 0.6) is 0 Å². The van der Waals surface area contributed by atoms with E-state index in [4.69, 9.17) is 27.2 Å². The highest BCUT2D eigenvalue weighted by Crippen LogP contribution is 2.43. The number of nitrogens with two attached hydrogens (primary N) is 1. The quantitative estimate of drug-likeness (QED) is 0.598. The molecule has 0 bridgehead atoms. The first kappa shape index (κ1) is 13.2. The highest BCUT2D eigenvalue weighted by Gasteiger charge is 2.57. The number of nitrogens with zero attached hydrogens (tertiary/aromatic N) is 2. The van der Waals surface area contributed by atoms with E-state index in [0.717, 1.165) is 10.8 Å². The fourth-order valence-electron chi connectivity index (χ4n) is 1.72. The Balaban J connectivity index is 2.42. The van der Waals surface area contributed by atoms with Crippen LogP contribution in [-0.4, -0.2) is 43.7 Å². The van der Waals surface area contributed by atoms with E-state index in [1.807, 2.05) is 0 Å². The van der Waals surface area contributed by atoms with Crippen LogP contribution in [0.15, 0.2) is 17.1 Å². The summed E-state index contributed by atoms with van der Waals surface area (Å²) in [5, 5.41) is 15.7. The summed E-state index contributed by atoms with van der Waals surface area (Å²) in [6.07, 6.45) is -3.43. The van der Waals surface area contributed by atoms with Crippen LogP contribution in [-0.2, 0) is 4.74 Å². The molecule has 1 saturated heterocycles.